The van der Waals surface area contributed by atoms with E-state index < -0.39 is 0 Å². The third kappa shape index (κ3) is 6.10. The quantitative estimate of drug-likeness (QED) is 0.776. The van der Waals surface area contributed by atoms with Gasteiger partial charge in [0.25, 0.3) is 0 Å². The van der Waals surface area contributed by atoms with Crippen LogP contribution in [0.25, 0.3) is 0 Å². The summed E-state index contributed by atoms with van der Waals surface area (Å²) >= 11 is 0. The lowest BCUT2D eigenvalue weighted by Gasteiger charge is -2.36. The second-order valence-corrected chi connectivity index (χ2v) is 7.44. The minimum absolute atomic E-state index is 0.143. The Kier molecular flexibility index (Phi) is 6.87. The van der Waals surface area contributed by atoms with Crippen LogP contribution in [-0.2, 0) is 11.3 Å². The van der Waals surface area contributed by atoms with Gasteiger partial charge in [-0.2, -0.15) is 5.10 Å². The number of amides is 1. The van der Waals surface area contributed by atoms with Crippen molar-refractivity contribution in [3.8, 4) is 0 Å². The predicted octanol–water partition coefficient (Wildman–Crippen LogP) is 2.30. The maximum absolute atomic E-state index is 12.2. The van der Waals surface area contributed by atoms with Gasteiger partial charge in [0, 0.05) is 69.8 Å². The van der Waals surface area contributed by atoms with Crippen LogP contribution in [0.4, 0.5) is 5.69 Å². The smallest absolute Gasteiger partial charge is 0.221 e. The SMILES string of the molecule is Cc1cccc(N2CCN(CCC(=O)N[C@H](C)CCn3cccn3)CC2)c1. The summed E-state index contributed by atoms with van der Waals surface area (Å²) in [5.41, 5.74) is 2.60. The van der Waals surface area contributed by atoms with Crippen LogP contribution in [0, 0.1) is 6.92 Å². The molecule has 3 rings (SSSR count). The lowest BCUT2D eigenvalue weighted by Crippen LogP contribution is -2.47. The molecule has 1 N–H and O–H groups in total. The standard InChI is InChI=1S/C21H31N5O/c1-18-5-3-6-20(17-18)25-15-13-24(14-16-25)11-8-21(27)23-19(2)7-12-26-10-4-9-22-26/h3-6,9-10,17,19H,7-8,11-16H2,1-2H3,(H,23,27)/t19-/m1/s1. The van der Waals surface area contributed by atoms with E-state index in [4.69, 9.17) is 0 Å². The Morgan fingerprint density at radius 2 is 2.00 bits per heavy atom. The molecule has 146 valence electrons. The van der Waals surface area contributed by atoms with E-state index in [-0.39, 0.29) is 11.9 Å². The molecule has 6 nitrogen and oxygen atoms in total. The van der Waals surface area contributed by atoms with E-state index in [2.05, 4.69) is 58.3 Å². The van der Waals surface area contributed by atoms with Gasteiger partial charge in [-0.15, -0.1) is 0 Å². The molecule has 1 aromatic carbocycles. The average Bonchev–Trinajstić information content (AvgIpc) is 3.19. The molecule has 1 atom stereocenters. The highest BCUT2D eigenvalue weighted by Crippen LogP contribution is 2.17. The fraction of sp³-hybridized carbons (Fsp3) is 0.524. The van der Waals surface area contributed by atoms with E-state index in [1.807, 2.05) is 16.9 Å². The largest absolute Gasteiger partial charge is 0.369 e. The molecular formula is C21H31N5O. The summed E-state index contributed by atoms with van der Waals surface area (Å²) in [6.07, 6.45) is 5.19. The summed E-state index contributed by atoms with van der Waals surface area (Å²) in [4.78, 5) is 17.0. The van der Waals surface area contributed by atoms with Crippen LogP contribution < -0.4 is 10.2 Å². The molecule has 0 aliphatic carbocycles. The van der Waals surface area contributed by atoms with E-state index in [0.29, 0.717) is 6.42 Å². The van der Waals surface area contributed by atoms with Gasteiger partial charge < -0.3 is 10.2 Å². The molecule has 1 amide bonds. The fourth-order valence-corrected chi connectivity index (χ4v) is 3.49. The van der Waals surface area contributed by atoms with E-state index in [0.717, 1.165) is 45.7 Å². The minimum atomic E-state index is 0.143. The predicted molar refractivity (Wildman–Crippen MR) is 109 cm³/mol. The Labute approximate surface area is 162 Å². The molecule has 1 saturated heterocycles. The van der Waals surface area contributed by atoms with Crippen LogP contribution in [0.1, 0.15) is 25.3 Å². The molecule has 0 bridgehead atoms. The average molecular weight is 370 g/mol. The van der Waals surface area contributed by atoms with E-state index >= 15 is 0 Å². The molecule has 27 heavy (non-hydrogen) atoms. The molecule has 2 heterocycles. The topological polar surface area (TPSA) is 53.4 Å². The van der Waals surface area contributed by atoms with Gasteiger partial charge in [-0.1, -0.05) is 12.1 Å². The van der Waals surface area contributed by atoms with Crippen LogP contribution in [-0.4, -0.2) is 59.4 Å². The maximum atomic E-state index is 12.2. The summed E-state index contributed by atoms with van der Waals surface area (Å²) in [7, 11) is 0. The highest BCUT2D eigenvalue weighted by atomic mass is 16.1. The number of carbonyl (C=O) groups is 1. The number of carbonyl (C=O) groups excluding carboxylic acids is 1. The molecule has 0 radical (unpaired) electrons. The highest BCUT2D eigenvalue weighted by Gasteiger charge is 2.18. The number of benzene rings is 1. The number of aromatic nitrogens is 2. The number of hydrogen-bond acceptors (Lipinski definition) is 4. The van der Waals surface area contributed by atoms with Crippen molar-refractivity contribution in [2.45, 2.75) is 39.3 Å². The number of anilines is 1. The van der Waals surface area contributed by atoms with Crippen LogP contribution in [0.5, 0.6) is 0 Å². The summed E-state index contributed by atoms with van der Waals surface area (Å²) in [6, 6.07) is 10.8. The summed E-state index contributed by atoms with van der Waals surface area (Å²) in [5.74, 6) is 0.143. The first kappa shape index (κ1) is 19.4. The number of hydrogen-bond donors (Lipinski definition) is 1. The van der Waals surface area contributed by atoms with E-state index in [9.17, 15) is 4.79 Å². The number of rotatable bonds is 8. The van der Waals surface area contributed by atoms with Crippen molar-refractivity contribution in [1.82, 2.24) is 20.0 Å². The van der Waals surface area contributed by atoms with Crippen molar-refractivity contribution >= 4 is 11.6 Å². The van der Waals surface area contributed by atoms with Gasteiger partial charge in [0.05, 0.1) is 0 Å². The zero-order valence-corrected chi connectivity index (χ0v) is 16.5. The molecular weight excluding hydrogens is 338 g/mol. The lowest BCUT2D eigenvalue weighted by molar-refractivity contribution is -0.122. The Balaban J connectivity index is 1.32. The normalized spacial score (nSPS) is 16.3. The van der Waals surface area contributed by atoms with Crippen molar-refractivity contribution in [1.29, 1.82) is 0 Å². The second-order valence-electron chi connectivity index (χ2n) is 7.44. The Bertz CT molecular complexity index is 707. The van der Waals surface area contributed by atoms with Crippen molar-refractivity contribution < 1.29 is 4.79 Å². The van der Waals surface area contributed by atoms with E-state index in [1.165, 1.54) is 11.3 Å². The van der Waals surface area contributed by atoms with Crippen LogP contribution in [0.15, 0.2) is 42.7 Å². The zero-order valence-electron chi connectivity index (χ0n) is 16.5. The van der Waals surface area contributed by atoms with Gasteiger partial charge in [-0.3, -0.25) is 14.4 Å². The summed E-state index contributed by atoms with van der Waals surface area (Å²) in [6.45, 7) is 9.91. The number of aryl methyl sites for hydroxylation is 2. The molecule has 1 fully saturated rings. The maximum Gasteiger partial charge on any atom is 0.221 e. The highest BCUT2D eigenvalue weighted by molar-refractivity contribution is 5.76. The van der Waals surface area contributed by atoms with Gasteiger partial charge in [0.2, 0.25) is 5.91 Å². The molecule has 0 spiro atoms. The van der Waals surface area contributed by atoms with Gasteiger partial charge in [-0.25, -0.2) is 0 Å². The first-order valence-corrected chi connectivity index (χ1v) is 9.91. The third-order valence-corrected chi connectivity index (χ3v) is 5.15. The molecule has 6 heteroatoms. The first-order valence-electron chi connectivity index (χ1n) is 9.91. The van der Waals surface area contributed by atoms with Crippen LogP contribution >= 0.6 is 0 Å². The molecule has 1 aliphatic rings. The molecule has 2 aromatic rings. The van der Waals surface area contributed by atoms with Crippen LogP contribution in [0.3, 0.4) is 0 Å². The van der Waals surface area contributed by atoms with Gasteiger partial charge >= 0.3 is 0 Å². The number of piperazine rings is 1. The van der Waals surface area contributed by atoms with Gasteiger partial charge in [0.1, 0.15) is 0 Å². The Morgan fingerprint density at radius 1 is 1.19 bits per heavy atom. The summed E-state index contributed by atoms with van der Waals surface area (Å²) in [5, 5.41) is 7.30. The van der Waals surface area contributed by atoms with Gasteiger partial charge in [0.15, 0.2) is 0 Å². The third-order valence-electron chi connectivity index (χ3n) is 5.15. The molecule has 0 unspecified atom stereocenters. The number of nitrogens with zero attached hydrogens (tertiary/aromatic N) is 4. The zero-order chi connectivity index (χ0) is 19.1. The number of nitrogens with one attached hydrogen (secondary N) is 1. The van der Waals surface area contributed by atoms with Gasteiger partial charge in [-0.05, 0) is 44.0 Å². The summed E-state index contributed by atoms with van der Waals surface area (Å²) < 4.78 is 1.90. The molecule has 1 aromatic heterocycles. The Morgan fingerprint density at radius 3 is 2.70 bits per heavy atom. The monoisotopic (exact) mass is 369 g/mol. The second kappa shape index (κ2) is 9.55. The molecule has 1 aliphatic heterocycles. The lowest BCUT2D eigenvalue weighted by atomic mass is 10.2. The van der Waals surface area contributed by atoms with Crippen molar-refractivity contribution in [3.05, 3.63) is 48.3 Å². The van der Waals surface area contributed by atoms with Crippen LogP contribution in [0.2, 0.25) is 0 Å². The van der Waals surface area contributed by atoms with Crippen molar-refractivity contribution in [3.63, 3.8) is 0 Å². The minimum Gasteiger partial charge on any atom is -0.369 e. The first-order chi connectivity index (χ1) is 13.1. The van der Waals surface area contributed by atoms with Crippen molar-refractivity contribution in [2.24, 2.45) is 0 Å². The van der Waals surface area contributed by atoms with Crippen molar-refractivity contribution in [2.75, 3.05) is 37.6 Å². The Hall–Kier alpha value is -2.34. The molecule has 0 saturated carbocycles. The van der Waals surface area contributed by atoms with E-state index in [1.54, 1.807) is 6.20 Å². The fourth-order valence-electron chi connectivity index (χ4n) is 3.49.